The highest BCUT2D eigenvalue weighted by Crippen LogP contribution is 2.16. The molecule has 26 heavy (non-hydrogen) atoms. The first-order valence-corrected chi connectivity index (χ1v) is 8.62. The van der Waals surface area contributed by atoms with E-state index in [2.05, 4.69) is 28.9 Å². The SMILES string of the molecule is CCc1ccc(NC(=O)CNC(=O)C2Cc3ccccc3CN2)cc1.Cl. The minimum Gasteiger partial charge on any atom is -0.346 e. The molecule has 0 aromatic heterocycles. The van der Waals surface area contributed by atoms with Crippen LogP contribution in [0.15, 0.2) is 48.5 Å². The molecule has 5 nitrogen and oxygen atoms in total. The first-order valence-electron chi connectivity index (χ1n) is 8.62. The van der Waals surface area contributed by atoms with Crippen molar-refractivity contribution in [2.24, 2.45) is 0 Å². The van der Waals surface area contributed by atoms with Gasteiger partial charge in [-0.15, -0.1) is 12.4 Å². The van der Waals surface area contributed by atoms with Crippen molar-refractivity contribution in [2.75, 3.05) is 11.9 Å². The summed E-state index contributed by atoms with van der Waals surface area (Å²) in [6.07, 6.45) is 1.60. The van der Waals surface area contributed by atoms with E-state index in [0.717, 1.165) is 12.1 Å². The van der Waals surface area contributed by atoms with Crippen LogP contribution >= 0.6 is 12.4 Å². The average Bonchev–Trinajstić information content (AvgIpc) is 2.66. The summed E-state index contributed by atoms with van der Waals surface area (Å²) in [5.41, 5.74) is 4.36. The number of anilines is 1. The van der Waals surface area contributed by atoms with Gasteiger partial charge >= 0.3 is 0 Å². The molecule has 0 spiro atoms. The first-order chi connectivity index (χ1) is 12.2. The van der Waals surface area contributed by atoms with E-state index in [4.69, 9.17) is 0 Å². The van der Waals surface area contributed by atoms with Crippen LogP contribution in [0.1, 0.15) is 23.6 Å². The number of benzene rings is 2. The van der Waals surface area contributed by atoms with Crippen LogP contribution in [0.2, 0.25) is 0 Å². The molecule has 0 fully saturated rings. The van der Waals surface area contributed by atoms with E-state index in [1.807, 2.05) is 42.5 Å². The van der Waals surface area contributed by atoms with Gasteiger partial charge in [-0.25, -0.2) is 0 Å². The van der Waals surface area contributed by atoms with Crippen LogP contribution in [-0.4, -0.2) is 24.4 Å². The molecule has 0 radical (unpaired) electrons. The van der Waals surface area contributed by atoms with Crippen molar-refractivity contribution in [1.82, 2.24) is 10.6 Å². The smallest absolute Gasteiger partial charge is 0.243 e. The number of hydrogen-bond acceptors (Lipinski definition) is 3. The van der Waals surface area contributed by atoms with Gasteiger partial charge in [-0.3, -0.25) is 9.59 Å². The van der Waals surface area contributed by atoms with Gasteiger partial charge in [0.05, 0.1) is 12.6 Å². The average molecular weight is 374 g/mol. The summed E-state index contributed by atoms with van der Waals surface area (Å²) in [7, 11) is 0. The van der Waals surface area contributed by atoms with Gasteiger partial charge in [-0.1, -0.05) is 43.3 Å². The molecule has 2 aromatic carbocycles. The predicted molar refractivity (Wildman–Crippen MR) is 105 cm³/mol. The lowest BCUT2D eigenvalue weighted by Crippen LogP contribution is -2.49. The Hall–Kier alpha value is -2.37. The van der Waals surface area contributed by atoms with Crippen LogP contribution in [0.3, 0.4) is 0 Å². The number of fused-ring (bicyclic) bond motifs is 1. The van der Waals surface area contributed by atoms with E-state index >= 15 is 0 Å². The number of nitrogens with one attached hydrogen (secondary N) is 3. The third-order valence-corrected chi connectivity index (χ3v) is 4.47. The number of carbonyl (C=O) groups excluding carboxylic acids is 2. The molecule has 2 aromatic rings. The maximum atomic E-state index is 12.3. The lowest BCUT2D eigenvalue weighted by atomic mass is 9.95. The molecule has 0 bridgehead atoms. The third-order valence-electron chi connectivity index (χ3n) is 4.47. The topological polar surface area (TPSA) is 70.2 Å². The Balaban J connectivity index is 0.00000243. The van der Waals surface area contributed by atoms with Crippen LogP contribution < -0.4 is 16.0 Å². The summed E-state index contributed by atoms with van der Waals surface area (Å²) in [4.78, 5) is 24.3. The standard InChI is InChI=1S/C20H23N3O2.ClH/c1-2-14-7-9-17(10-8-14)23-19(24)13-22-20(25)18-11-15-5-3-4-6-16(15)12-21-18;/h3-10,18,21H,2,11-13H2,1H3,(H,22,25)(H,23,24);1H. The highest BCUT2D eigenvalue weighted by Gasteiger charge is 2.23. The molecule has 1 atom stereocenters. The molecule has 0 saturated heterocycles. The Kier molecular flexibility index (Phi) is 7.18. The molecular formula is C20H24ClN3O2. The van der Waals surface area contributed by atoms with Gasteiger partial charge in [0.2, 0.25) is 11.8 Å². The first kappa shape index (κ1) is 19.9. The molecule has 6 heteroatoms. The van der Waals surface area contributed by atoms with E-state index < -0.39 is 0 Å². The fourth-order valence-corrected chi connectivity index (χ4v) is 2.96. The highest BCUT2D eigenvalue weighted by molar-refractivity contribution is 5.95. The summed E-state index contributed by atoms with van der Waals surface area (Å²) in [5, 5.41) is 8.72. The second-order valence-electron chi connectivity index (χ2n) is 6.22. The summed E-state index contributed by atoms with van der Waals surface area (Å²) < 4.78 is 0. The molecule has 1 heterocycles. The predicted octanol–water partition coefficient (Wildman–Crippen LogP) is 2.44. The second kappa shape index (κ2) is 9.36. The number of carbonyl (C=O) groups is 2. The molecule has 1 aliphatic rings. The Morgan fingerprint density at radius 3 is 2.46 bits per heavy atom. The van der Waals surface area contributed by atoms with Crippen molar-refractivity contribution in [3.05, 3.63) is 65.2 Å². The summed E-state index contributed by atoms with van der Waals surface area (Å²) in [6.45, 7) is 2.72. The number of halogens is 1. The Morgan fingerprint density at radius 1 is 1.08 bits per heavy atom. The van der Waals surface area contributed by atoms with Gasteiger partial charge in [-0.2, -0.15) is 0 Å². The van der Waals surface area contributed by atoms with E-state index in [0.29, 0.717) is 13.0 Å². The van der Waals surface area contributed by atoms with E-state index in [9.17, 15) is 9.59 Å². The third kappa shape index (κ3) is 5.07. The van der Waals surface area contributed by atoms with Crippen LogP contribution in [-0.2, 0) is 29.0 Å². The summed E-state index contributed by atoms with van der Waals surface area (Å²) in [5.74, 6) is -0.375. The molecule has 3 rings (SSSR count). The van der Waals surface area contributed by atoms with Crippen molar-refractivity contribution in [2.45, 2.75) is 32.4 Å². The minimum atomic E-state index is -0.300. The largest absolute Gasteiger partial charge is 0.346 e. The molecule has 3 N–H and O–H groups in total. The molecule has 0 saturated carbocycles. The number of amides is 2. The van der Waals surface area contributed by atoms with Crippen molar-refractivity contribution in [1.29, 1.82) is 0 Å². The van der Waals surface area contributed by atoms with Crippen LogP contribution in [0.5, 0.6) is 0 Å². The van der Waals surface area contributed by atoms with E-state index in [1.165, 1.54) is 16.7 Å². The highest BCUT2D eigenvalue weighted by atomic mass is 35.5. The fourth-order valence-electron chi connectivity index (χ4n) is 2.96. The van der Waals surface area contributed by atoms with Gasteiger partial charge in [0.25, 0.3) is 0 Å². The molecule has 0 aliphatic carbocycles. The van der Waals surface area contributed by atoms with Crippen molar-refractivity contribution < 1.29 is 9.59 Å². The normalized spacial score (nSPS) is 15.3. The lowest BCUT2D eigenvalue weighted by Gasteiger charge is -2.25. The van der Waals surface area contributed by atoms with Crippen molar-refractivity contribution in [3.63, 3.8) is 0 Å². The summed E-state index contributed by atoms with van der Waals surface area (Å²) >= 11 is 0. The zero-order valence-corrected chi connectivity index (χ0v) is 15.6. The summed E-state index contributed by atoms with van der Waals surface area (Å²) in [6, 6.07) is 15.5. The monoisotopic (exact) mass is 373 g/mol. The molecular weight excluding hydrogens is 350 g/mol. The number of hydrogen-bond donors (Lipinski definition) is 3. The van der Waals surface area contributed by atoms with Gasteiger partial charge in [0.1, 0.15) is 0 Å². The van der Waals surface area contributed by atoms with E-state index in [-0.39, 0.29) is 36.8 Å². The Bertz CT molecular complexity index is 762. The fraction of sp³-hybridized carbons (Fsp3) is 0.300. The van der Waals surface area contributed by atoms with Gasteiger partial charge in [-0.05, 0) is 41.7 Å². The molecule has 1 aliphatic heterocycles. The maximum absolute atomic E-state index is 12.3. The van der Waals surface area contributed by atoms with Crippen LogP contribution in [0, 0.1) is 0 Å². The van der Waals surface area contributed by atoms with Crippen LogP contribution in [0.25, 0.3) is 0 Å². The Labute approximate surface area is 160 Å². The molecule has 138 valence electrons. The molecule has 2 amide bonds. The van der Waals surface area contributed by atoms with Gasteiger partial charge in [0.15, 0.2) is 0 Å². The van der Waals surface area contributed by atoms with Gasteiger partial charge < -0.3 is 16.0 Å². The zero-order valence-electron chi connectivity index (χ0n) is 14.7. The van der Waals surface area contributed by atoms with Crippen molar-refractivity contribution in [3.8, 4) is 0 Å². The minimum absolute atomic E-state index is 0. The number of rotatable bonds is 5. The Morgan fingerprint density at radius 2 is 1.77 bits per heavy atom. The van der Waals surface area contributed by atoms with Gasteiger partial charge in [0, 0.05) is 12.2 Å². The zero-order chi connectivity index (χ0) is 17.6. The van der Waals surface area contributed by atoms with E-state index in [1.54, 1.807) is 0 Å². The van der Waals surface area contributed by atoms with Crippen LogP contribution in [0.4, 0.5) is 5.69 Å². The quantitative estimate of drug-likeness (QED) is 0.754. The second-order valence-corrected chi connectivity index (χ2v) is 6.22. The maximum Gasteiger partial charge on any atom is 0.243 e. The lowest BCUT2D eigenvalue weighted by molar-refractivity contribution is -0.125. The van der Waals surface area contributed by atoms with Crippen molar-refractivity contribution >= 4 is 29.9 Å². The molecule has 1 unspecified atom stereocenters. The number of aryl methyl sites for hydroxylation is 1.